The molecule has 0 radical (unpaired) electrons. The molecule has 1 aromatic carbocycles. The lowest BCUT2D eigenvalue weighted by Crippen LogP contribution is -2.21. The van der Waals surface area contributed by atoms with Gasteiger partial charge >= 0.3 is 5.97 Å². The van der Waals surface area contributed by atoms with Gasteiger partial charge in [-0.3, -0.25) is 4.79 Å². The van der Waals surface area contributed by atoms with Crippen molar-refractivity contribution in [2.24, 2.45) is 0 Å². The van der Waals surface area contributed by atoms with Crippen molar-refractivity contribution in [3.63, 3.8) is 0 Å². The van der Waals surface area contributed by atoms with E-state index >= 15 is 0 Å². The molecule has 6 heteroatoms. The Morgan fingerprint density at radius 2 is 1.91 bits per heavy atom. The molecular formula is C16H16N2O4. The zero-order valence-corrected chi connectivity index (χ0v) is 12.5. The number of carbonyl (C=O) groups is 2. The van der Waals surface area contributed by atoms with E-state index in [1.807, 2.05) is 0 Å². The molecule has 0 atom stereocenters. The van der Waals surface area contributed by atoms with E-state index < -0.39 is 5.97 Å². The van der Waals surface area contributed by atoms with Crippen LogP contribution in [0.5, 0.6) is 5.88 Å². The normalized spacial score (nSPS) is 10.1. The highest BCUT2D eigenvalue weighted by atomic mass is 16.5. The van der Waals surface area contributed by atoms with Gasteiger partial charge in [-0.05, 0) is 23.8 Å². The van der Waals surface area contributed by atoms with Gasteiger partial charge in [-0.25, -0.2) is 9.78 Å². The number of ether oxygens (including phenoxy) is 1. The highest BCUT2D eigenvalue weighted by molar-refractivity contribution is 5.95. The van der Waals surface area contributed by atoms with Crippen LogP contribution in [0, 0.1) is 0 Å². The molecule has 1 heterocycles. The van der Waals surface area contributed by atoms with Crippen molar-refractivity contribution in [1.29, 1.82) is 0 Å². The molecule has 22 heavy (non-hydrogen) atoms. The maximum atomic E-state index is 12.0. The Morgan fingerprint density at radius 3 is 2.50 bits per heavy atom. The summed E-state index contributed by atoms with van der Waals surface area (Å²) in [5, 5.41) is 9.20. The smallest absolute Gasteiger partial charge is 0.341 e. The summed E-state index contributed by atoms with van der Waals surface area (Å²) in [6.45, 7) is 0. The van der Waals surface area contributed by atoms with E-state index in [0.29, 0.717) is 16.7 Å². The van der Waals surface area contributed by atoms with Gasteiger partial charge in [0.2, 0.25) is 5.88 Å². The lowest BCUT2D eigenvalue weighted by atomic mass is 10.0. The minimum Gasteiger partial charge on any atom is -0.480 e. The van der Waals surface area contributed by atoms with E-state index in [9.17, 15) is 14.7 Å². The maximum Gasteiger partial charge on any atom is 0.341 e. The first kappa shape index (κ1) is 15.5. The number of methoxy groups -OCH3 is 1. The van der Waals surface area contributed by atoms with Crippen LogP contribution >= 0.6 is 0 Å². The van der Waals surface area contributed by atoms with Gasteiger partial charge in [0.1, 0.15) is 5.56 Å². The standard InChI is InChI=1S/C16H16N2O4/c1-18(2)15(19)11-6-4-5-10(7-11)12-8-13(16(20)21)14(22-3)17-9-12/h4-9H,1-3H3,(H,20,21). The molecule has 1 aromatic heterocycles. The third kappa shape index (κ3) is 3.06. The molecule has 0 saturated carbocycles. The minimum atomic E-state index is -1.12. The molecule has 1 amide bonds. The number of pyridine rings is 1. The van der Waals surface area contributed by atoms with Gasteiger partial charge in [0.05, 0.1) is 7.11 Å². The molecule has 0 bridgehead atoms. The second kappa shape index (κ2) is 6.26. The number of amides is 1. The largest absolute Gasteiger partial charge is 0.480 e. The fourth-order valence-corrected chi connectivity index (χ4v) is 2.02. The van der Waals surface area contributed by atoms with E-state index in [0.717, 1.165) is 0 Å². The molecule has 0 fully saturated rings. The third-order valence-electron chi connectivity index (χ3n) is 3.12. The number of benzene rings is 1. The molecule has 0 spiro atoms. The summed E-state index contributed by atoms with van der Waals surface area (Å²) in [7, 11) is 4.71. The number of nitrogens with zero attached hydrogens (tertiary/aromatic N) is 2. The first-order valence-electron chi connectivity index (χ1n) is 6.53. The van der Waals surface area contributed by atoms with Crippen molar-refractivity contribution < 1.29 is 19.4 Å². The van der Waals surface area contributed by atoms with Gasteiger partial charge in [-0.15, -0.1) is 0 Å². The van der Waals surface area contributed by atoms with Gasteiger partial charge in [0.25, 0.3) is 5.91 Å². The van der Waals surface area contributed by atoms with Crippen LogP contribution in [0.4, 0.5) is 0 Å². The van der Waals surface area contributed by atoms with Crippen LogP contribution in [0.2, 0.25) is 0 Å². The van der Waals surface area contributed by atoms with Crippen molar-refractivity contribution in [1.82, 2.24) is 9.88 Å². The lowest BCUT2D eigenvalue weighted by molar-refractivity contribution is 0.0692. The van der Waals surface area contributed by atoms with E-state index in [-0.39, 0.29) is 17.4 Å². The number of hydrogen-bond donors (Lipinski definition) is 1. The second-order valence-electron chi connectivity index (χ2n) is 4.87. The first-order valence-corrected chi connectivity index (χ1v) is 6.53. The Labute approximate surface area is 128 Å². The summed E-state index contributed by atoms with van der Waals surface area (Å²) in [6, 6.07) is 8.43. The predicted octanol–water partition coefficient (Wildman–Crippen LogP) is 2.16. The lowest BCUT2D eigenvalue weighted by Gasteiger charge is -2.12. The highest BCUT2D eigenvalue weighted by Crippen LogP contribution is 2.25. The Balaban J connectivity index is 2.48. The summed E-state index contributed by atoms with van der Waals surface area (Å²) in [6.07, 6.45) is 1.52. The zero-order chi connectivity index (χ0) is 16.3. The summed E-state index contributed by atoms with van der Waals surface area (Å²) >= 11 is 0. The molecule has 0 saturated heterocycles. The van der Waals surface area contributed by atoms with Gasteiger partial charge in [0.15, 0.2) is 0 Å². The molecule has 114 valence electrons. The first-order chi connectivity index (χ1) is 10.4. The summed E-state index contributed by atoms with van der Waals surface area (Å²) in [5.74, 6) is -1.19. The van der Waals surface area contributed by atoms with Crippen molar-refractivity contribution >= 4 is 11.9 Å². The topological polar surface area (TPSA) is 79.7 Å². The predicted molar refractivity (Wildman–Crippen MR) is 81.2 cm³/mol. The van der Waals surface area contributed by atoms with Gasteiger partial charge < -0.3 is 14.7 Å². The van der Waals surface area contributed by atoms with Crippen LogP contribution in [0.25, 0.3) is 11.1 Å². The summed E-state index contributed by atoms with van der Waals surface area (Å²) in [5.41, 5.74) is 1.82. The fourth-order valence-electron chi connectivity index (χ4n) is 2.02. The van der Waals surface area contributed by atoms with Crippen LogP contribution in [0.15, 0.2) is 36.5 Å². The van der Waals surface area contributed by atoms with Crippen molar-refractivity contribution in [2.75, 3.05) is 21.2 Å². The van der Waals surface area contributed by atoms with Crippen molar-refractivity contribution in [3.8, 4) is 17.0 Å². The Kier molecular flexibility index (Phi) is 4.41. The van der Waals surface area contributed by atoms with E-state index in [1.54, 1.807) is 38.4 Å². The highest BCUT2D eigenvalue weighted by Gasteiger charge is 2.15. The van der Waals surface area contributed by atoms with Gasteiger partial charge in [-0.2, -0.15) is 0 Å². The molecular weight excluding hydrogens is 284 g/mol. The average Bonchev–Trinajstić information content (AvgIpc) is 2.53. The molecule has 6 nitrogen and oxygen atoms in total. The Bertz CT molecular complexity index is 726. The quantitative estimate of drug-likeness (QED) is 0.936. The van der Waals surface area contributed by atoms with Crippen LogP contribution in [-0.4, -0.2) is 48.1 Å². The molecule has 0 unspecified atom stereocenters. The average molecular weight is 300 g/mol. The van der Waals surface area contributed by atoms with Crippen LogP contribution < -0.4 is 4.74 Å². The van der Waals surface area contributed by atoms with Crippen molar-refractivity contribution in [2.45, 2.75) is 0 Å². The van der Waals surface area contributed by atoms with Crippen LogP contribution in [-0.2, 0) is 0 Å². The SMILES string of the molecule is COc1ncc(-c2cccc(C(=O)N(C)C)c2)cc1C(=O)O. The number of aromatic nitrogens is 1. The van der Waals surface area contributed by atoms with Crippen LogP contribution in [0.1, 0.15) is 20.7 Å². The number of carbonyl (C=O) groups excluding carboxylic acids is 1. The molecule has 0 aliphatic rings. The Hall–Kier alpha value is -2.89. The monoisotopic (exact) mass is 300 g/mol. The summed E-state index contributed by atoms with van der Waals surface area (Å²) in [4.78, 5) is 28.7. The van der Waals surface area contributed by atoms with E-state index in [1.165, 1.54) is 24.3 Å². The second-order valence-corrected chi connectivity index (χ2v) is 4.87. The molecule has 1 N–H and O–H groups in total. The van der Waals surface area contributed by atoms with Gasteiger partial charge in [-0.1, -0.05) is 12.1 Å². The van der Waals surface area contributed by atoms with Crippen LogP contribution in [0.3, 0.4) is 0 Å². The molecule has 0 aliphatic carbocycles. The number of carboxylic acids is 1. The Morgan fingerprint density at radius 1 is 1.18 bits per heavy atom. The minimum absolute atomic E-state index is 0.0238. The number of rotatable bonds is 4. The fraction of sp³-hybridized carbons (Fsp3) is 0.188. The summed E-state index contributed by atoms with van der Waals surface area (Å²) < 4.78 is 4.94. The van der Waals surface area contributed by atoms with Gasteiger partial charge in [0, 0.05) is 31.4 Å². The number of hydrogen-bond acceptors (Lipinski definition) is 4. The number of aromatic carboxylic acids is 1. The van der Waals surface area contributed by atoms with E-state index in [4.69, 9.17) is 4.74 Å². The number of carboxylic acid groups (broad SMARTS) is 1. The molecule has 2 aromatic rings. The third-order valence-corrected chi connectivity index (χ3v) is 3.12. The van der Waals surface area contributed by atoms with E-state index in [2.05, 4.69) is 4.98 Å². The van der Waals surface area contributed by atoms with Crippen molar-refractivity contribution in [3.05, 3.63) is 47.7 Å². The molecule has 0 aliphatic heterocycles. The maximum absolute atomic E-state index is 12.0. The zero-order valence-electron chi connectivity index (χ0n) is 12.5. The molecule has 2 rings (SSSR count).